The Hall–Kier alpha value is -0.440. The molecule has 2 bridgehead atoms. The van der Waals surface area contributed by atoms with Gasteiger partial charge in [-0.3, -0.25) is 4.90 Å². The molecule has 4 heteroatoms. The van der Waals surface area contributed by atoms with Crippen LogP contribution in [0.2, 0.25) is 5.02 Å². The minimum absolute atomic E-state index is 0.356. The molecule has 0 amide bonds. The molecule has 0 aliphatic carbocycles. The largest absolute Gasteiger partial charge is 0.496 e. The van der Waals surface area contributed by atoms with E-state index in [1.807, 2.05) is 18.2 Å². The molecule has 1 aromatic carbocycles. The summed E-state index contributed by atoms with van der Waals surface area (Å²) in [5.74, 6) is 0.928. The zero-order chi connectivity index (χ0) is 13.4. The number of rotatable bonds is 3. The van der Waals surface area contributed by atoms with Crippen molar-refractivity contribution in [2.24, 2.45) is 0 Å². The monoisotopic (exact) mass is 299 g/mol. The van der Waals surface area contributed by atoms with Crippen molar-refractivity contribution < 1.29 is 4.74 Å². The Balaban J connectivity index is 1.80. The number of halogens is 2. The Bertz CT molecular complexity index is 451. The molecule has 0 spiro atoms. The number of ether oxygens (including phenoxy) is 1. The number of hydrogen-bond donors (Lipinski definition) is 0. The smallest absolute Gasteiger partial charge is 0.123 e. The molecule has 2 unspecified atom stereocenters. The van der Waals surface area contributed by atoms with Crippen LogP contribution >= 0.6 is 23.2 Å². The van der Waals surface area contributed by atoms with Gasteiger partial charge >= 0.3 is 0 Å². The van der Waals surface area contributed by atoms with Gasteiger partial charge in [0.25, 0.3) is 0 Å². The van der Waals surface area contributed by atoms with Gasteiger partial charge in [-0.05, 0) is 43.9 Å². The van der Waals surface area contributed by atoms with Crippen molar-refractivity contribution in [1.82, 2.24) is 4.90 Å². The molecule has 2 nitrogen and oxygen atoms in total. The summed E-state index contributed by atoms with van der Waals surface area (Å²) in [7, 11) is 1.71. The van der Waals surface area contributed by atoms with Crippen molar-refractivity contribution in [3.63, 3.8) is 0 Å². The highest BCUT2D eigenvalue weighted by atomic mass is 35.5. The number of nitrogens with zero attached hydrogens (tertiary/aromatic N) is 1. The predicted molar refractivity (Wildman–Crippen MR) is 79.2 cm³/mol. The highest BCUT2D eigenvalue weighted by Gasteiger charge is 2.40. The quantitative estimate of drug-likeness (QED) is 0.780. The zero-order valence-corrected chi connectivity index (χ0v) is 12.6. The lowest BCUT2D eigenvalue weighted by molar-refractivity contribution is 0.133. The van der Waals surface area contributed by atoms with Gasteiger partial charge in [-0.2, -0.15) is 0 Å². The molecule has 104 valence electrons. The van der Waals surface area contributed by atoms with Gasteiger partial charge in [-0.25, -0.2) is 0 Å². The van der Waals surface area contributed by atoms with Crippen molar-refractivity contribution >= 4 is 23.2 Å². The Labute approximate surface area is 124 Å². The molecule has 2 atom stereocenters. The van der Waals surface area contributed by atoms with Crippen LogP contribution in [0.1, 0.15) is 31.2 Å². The van der Waals surface area contributed by atoms with Crippen molar-refractivity contribution in [2.75, 3.05) is 7.11 Å². The first-order chi connectivity index (χ1) is 9.17. The third kappa shape index (κ3) is 2.72. The fourth-order valence-electron chi connectivity index (χ4n) is 3.53. The maximum atomic E-state index is 6.33. The molecule has 2 aliphatic rings. The molecule has 2 heterocycles. The van der Waals surface area contributed by atoms with E-state index in [0.717, 1.165) is 30.2 Å². The van der Waals surface area contributed by atoms with Gasteiger partial charge in [0.15, 0.2) is 0 Å². The second kappa shape index (κ2) is 5.51. The van der Waals surface area contributed by atoms with Crippen LogP contribution < -0.4 is 4.74 Å². The summed E-state index contributed by atoms with van der Waals surface area (Å²) >= 11 is 12.4. The Kier molecular flexibility index (Phi) is 3.93. The average Bonchev–Trinajstić information content (AvgIpc) is 2.62. The first-order valence-electron chi connectivity index (χ1n) is 6.89. The molecular formula is C15H19Cl2NO. The van der Waals surface area contributed by atoms with E-state index >= 15 is 0 Å². The van der Waals surface area contributed by atoms with E-state index < -0.39 is 0 Å². The molecule has 3 rings (SSSR count). The summed E-state index contributed by atoms with van der Waals surface area (Å²) in [5, 5.41) is 1.13. The summed E-state index contributed by atoms with van der Waals surface area (Å²) < 4.78 is 5.44. The third-order valence-corrected chi connectivity index (χ3v) is 5.01. The molecule has 0 saturated carbocycles. The molecule has 0 N–H and O–H groups in total. The van der Waals surface area contributed by atoms with E-state index in [1.54, 1.807) is 7.11 Å². The lowest BCUT2D eigenvalue weighted by atomic mass is 10.0. The van der Waals surface area contributed by atoms with Crippen LogP contribution in [-0.2, 0) is 6.54 Å². The van der Waals surface area contributed by atoms with Gasteiger partial charge in [0.1, 0.15) is 5.75 Å². The van der Waals surface area contributed by atoms with E-state index in [-0.39, 0.29) is 0 Å². The van der Waals surface area contributed by atoms with Crippen LogP contribution in [-0.4, -0.2) is 29.5 Å². The molecule has 2 aliphatic heterocycles. The summed E-state index contributed by atoms with van der Waals surface area (Å²) in [6.45, 7) is 0.919. The van der Waals surface area contributed by atoms with Crippen molar-refractivity contribution in [1.29, 1.82) is 0 Å². The summed E-state index contributed by atoms with van der Waals surface area (Å²) in [6.07, 6.45) is 4.77. The topological polar surface area (TPSA) is 12.5 Å². The van der Waals surface area contributed by atoms with E-state index in [1.165, 1.54) is 18.4 Å². The summed E-state index contributed by atoms with van der Waals surface area (Å²) in [5.41, 5.74) is 1.18. The summed E-state index contributed by atoms with van der Waals surface area (Å²) in [6, 6.07) is 7.11. The van der Waals surface area contributed by atoms with Gasteiger partial charge in [0, 0.05) is 34.6 Å². The first kappa shape index (κ1) is 13.5. The lowest BCUT2D eigenvalue weighted by Gasteiger charge is -2.37. The molecular weight excluding hydrogens is 281 g/mol. The van der Waals surface area contributed by atoms with Crippen LogP contribution in [0, 0.1) is 0 Å². The zero-order valence-electron chi connectivity index (χ0n) is 11.1. The molecule has 19 heavy (non-hydrogen) atoms. The van der Waals surface area contributed by atoms with E-state index in [9.17, 15) is 0 Å². The predicted octanol–water partition coefficient (Wildman–Crippen LogP) is 4.08. The molecule has 0 aromatic heterocycles. The number of methoxy groups -OCH3 is 1. The van der Waals surface area contributed by atoms with Crippen molar-refractivity contribution in [3.8, 4) is 5.75 Å². The van der Waals surface area contributed by atoms with Crippen LogP contribution in [0.15, 0.2) is 18.2 Å². The second-order valence-corrected chi connectivity index (χ2v) is 6.64. The highest BCUT2D eigenvalue weighted by molar-refractivity contribution is 6.30. The van der Waals surface area contributed by atoms with Gasteiger partial charge in [0.2, 0.25) is 0 Å². The van der Waals surface area contributed by atoms with Crippen LogP contribution in [0.4, 0.5) is 0 Å². The second-order valence-electron chi connectivity index (χ2n) is 5.58. The maximum absolute atomic E-state index is 6.33. The normalized spacial score (nSPS) is 30.6. The van der Waals surface area contributed by atoms with Crippen molar-refractivity contribution in [3.05, 3.63) is 28.8 Å². The highest BCUT2D eigenvalue weighted by Crippen LogP contribution is 2.39. The number of benzene rings is 1. The number of piperidine rings is 1. The third-order valence-electron chi connectivity index (χ3n) is 4.42. The Morgan fingerprint density at radius 3 is 2.58 bits per heavy atom. The average molecular weight is 300 g/mol. The van der Waals surface area contributed by atoms with E-state index in [4.69, 9.17) is 27.9 Å². The Morgan fingerprint density at radius 2 is 1.95 bits per heavy atom. The summed E-state index contributed by atoms with van der Waals surface area (Å²) in [4.78, 5) is 2.59. The Morgan fingerprint density at radius 1 is 1.26 bits per heavy atom. The fraction of sp³-hybridized carbons (Fsp3) is 0.600. The first-order valence-corrected chi connectivity index (χ1v) is 7.71. The van der Waals surface area contributed by atoms with Gasteiger partial charge in [-0.15, -0.1) is 11.6 Å². The van der Waals surface area contributed by atoms with Gasteiger partial charge in [-0.1, -0.05) is 11.6 Å². The maximum Gasteiger partial charge on any atom is 0.123 e. The van der Waals surface area contributed by atoms with Crippen LogP contribution in [0.5, 0.6) is 5.75 Å². The van der Waals surface area contributed by atoms with Gasteiger partial charge < -0.3 is 4.74 Å². The van der Waals surface area contributed by atoms with Crippen molar-refractivity contribution in [2.45, 2.75) is 49.7 Å². The van der Waals surface area contributed by atoms with Crippen LogP contribution in [0.3, 0.4) is 0 Å². The van der Waals surface area contributed by atoms with Gasteiger partial charge in [0.05, 0.1) is 7.11 Å². The standard InChI is InChI=1S/C15H19Cl2NO/c1-19-15-5-2-11(16)6-10(15)9-18-13-3-4-14(18)8-12(17)7-13/h2,5-6,12-14H,3-4,7-9H2,1H3. The minimum Gasteiger partial charge on any atom is -0.496 e. The van der Waals surface area contributed by atoms with Crippen LogP contribution in [0.25, 0.3) is 0 Å². The fourth-order valence-corrected chi connectivity index (χ4v) is 4.14. The molecule has 0 radical (unpaired) electrons. The number of alkyl halides is 1. The molecule has 2 saturated heterocycles. The SMILES string of the molecule is COc1ccc(Cl)cc1CN1C2CCC1CC(Cl)C2. The molecule has 1 aromatic rings. The van der Waals surface area contributed by atoms with E-state index in [0.29, 0.717) is 17.5 Å². The lowest BCUT2D eigenvalue weighted by Crippen LogP contribution is -2.42. The number of hydrogen-bond acceptors (Lipinski definition) is 2. The minimum atomic E-state index is 0.356. The van der Waals surface area contributed by atoms with E-state index in [2.05, 4.69) is 4.90 Å². The number of fused-ring (bicyclic) bond motifs is 2. The molecule has 2 fully saturated rings.